The molecule has 0 bridgehead atoms. The average Bonchev–Trinajstić information content (AvgIpc) is 2.55. The van der Waals surface area contributed by atoms with Gasteiger partial charge in [0, 0.05) is 5.56 Å². The van der Waals surface area contributed by atoms with Crippen molar-refractivity contribution in [3.05, 3.63) is 41.2 Å². The number of ketones is 1. The van der Waals surface area contributed by atoms with E-state index < -0.39 is 28.3 Å². The molecule has 0 spiro atoms. The van der Waals surface area contributed by atoms with Crippen molar-refractivity contribution in [2.24, 2.45) is 0 Å². The summed E-state index contributed by atoms with van der Waals surface area (Å²) < 4.78 is 9.59. The van der Waals surface area contributed by atoms with Crippen LogP contribution in [0.5, 0.6) is 5.75 Å². The van der Waals surface area contributed by atoms with Gasteiger partial charge < -0.3 is 14.6 Å². The summed E-state index contributed by atoms with van der Waals surface area (Å²) in [6.45, 7) is 1.49. The lowest BCUT2D eigenvalue weighted by Gasteiger charge is -2.08. The molecule has 0 unspecified atom stereocenters. The average molecular weight is 411 g/mol. The molecule has 1 radical (unpaired) electrons. The molecule has 0 saturated heterocycles. The van der Waals surface area contributed by atoms with Gasteiger partial charge in [0.15, 0.2) is 11.3 Å². The number of carbonyl (C=O) groups is 3. The summed E-state index contributed by atoms with van der Waals surface area (Å²) in [4.78, 5) is 35.0. The maximum absolute atomic E-state index is 12.2. The minimum absolute atomic E-state index is 0.0258. The maximum Gasteiger partial charge on any atom is 0.495 e. The Morgan fingerprint density at radius 3 is 2.04 bits per heavy atom. The molecule has 0 saturated carbocycles. The SMILES string of the molecule is CCOC(=O)/C(C(=O)c1ccc(OC)cc1)=C(/O)C(=O)Cl.[Cl][Al][Cl]. The van der Waals surface area contributed by atoms with Crippen LogP contribution in [0.1, 0.15) is 17.3 Å². The molecule has 0 aliphatic rings. The first-order chi connectivity index (χ1) is 11.3. The summed E-state index contributed by atoms with van der Waals surface area (Å²) in [5.74, 6) is -2.63. The topological polar surface area (TPSA) is 89.9 Å². The molecule has 0 atom stereocenters. The van der Waals surface area contributed by atoms with Crippen LogP contribution in [-0.4, -0.2) is 49.2 Å². The van der Waals surface area contributed by atoms with Gasteiger partial charge in [-0.15, -0.1) is 0 Å². The molecule has 10 heteroatoms. The van der Waals surface area contributed by atoms with E-state index in [2.05, 4.69) is 4.74 Å². The van der Waals surface area contributed by atoms with Gasteiger partial charge in [0.05, 0.1) is 13.7 Å². The minimum atomic E-state index is -1.32. The summed E-state index contributed by atoms with van der Waals surface area (Å²) in [5.41, 5.74) is -0.731. The van der Waals surface area contributed by atoms with Crippen molar-refractivity contribution in [1.29, 1.82) is 0 Å². The Balaban J connectivity index is 0.00000163. The second-order valence-electron chi connectivity index (χ2n) is 3.86. The molecule has 1 aromatic rings. The molecule has 0 fully saturated rings. The van der Waals surface area contributed by atoms with Gasteiger partial charge in [0.1, 0.15) is 5.75 Å². The number of hydrogen-bond donors (Lipinski definition) is 1. The molecule has 0 aliphatic heterocycles. The number of methoxy groups -OCH3 is 1. The van der Waals surface area contributed by atoms with Crippen LogP contribution in [0.25, 0.3) is 0 Å². The number of aliphatic hydroxyl groups is 1. The Labute approximate surface area is 158 Å². The van der Waals surface area contributed by atoms with Gasteiger partial charge >= 0.3 is 19.3 Å². The molecule has 0 heterocycles. The zero-order chi connectivity index (χ0) is 18.7. The predicted molar refractivity (Wildman–Crippen MR) is 91.9 cm³/mol. The molecule has 1 aromatic carbocycles. The summed E-state index contributed by atoms with van der Waals surface area (Å²) in [6, 6.07) is 5.75. The number of rotatable bonds is 6. The number of aliphatic hydroxyl groups excluding tert-OH is 1. The van der Waals surface area contributed by atoms with E-state index in [1.165, 1.54) is 38.3 Å². The molecule has 129 valence electrons. The van der Waals surface area contributed by atoms with E-state index in [9.17, 15) is 19.5 Å². The number of allylic oxidation sites excluding steroid dienone is 1. The third-order valence-corrected chi connectivity index (χ3v) is 2.66. The first kappa shape index (κ1) is 22.8. The number of halogens is 3. The Kier molecular flexibility index (Phi) is 11.6. The van der Waals surface area contributed by atoms with Gasteiger partial charge in [-0.05, 0) is 42.8 Å². The van der Waals surface area contributed by atoms with Crippen molar-refractivity contribution in [2.75, 3.05) is 13.7 Å². The number of benzene rings is 1. The smallest absolute Gasteiger partial charge is 0.495 e. The molecule has 6 nitrogen and oxygen atoms in total. The second-order valence-corrected chi connectivity index (χ2v) is 6.35. The predicted octanol–water partition coefficient (Wildman–Crippen LogP) is 3.02. The largest absolute Gasteiger partial charge is 0.503 e. The monoisotopic (exact) mass is 409 g/mol. The van der Waals surface area contributed by atoms with Crippen molar-refractivity contribution in [3.63, 3.8) is 0 Å². The van der Waals surface area contributed by atoms with Crippen molar-refractivity contribution < 1.29 is 29.0 Å². The van der Waals surface area contributed by atoms with Crippen molar-refractivity contribution in [3.8, 4) is 5.75 Å². The van der Waals surface area contributed by atoms with Crippen LogP contribution in [0, 0.1) is 0 Å². The molecule has 0 amide bonds. The zero-order valence-electron chi connectivity index (χ0n) is 12.7. The molecule has 0 aliphatic carbocycles. The highest BCUT2D eigenvalue weighted by molar-refractivity contribution is 7.22. The van der Waals surface area contributed by atoms with Crippen LogP contribution in [0.15, 0.2) is 35.6 Å². The molecular weight excluding hydrogens is 397 g/mol. The lowest BCUT2D eigenvalue weighted by Crippen LogP contribution is -2.20. The Bertz CT molecular complexity index is 615. The maximum atomic E-state index is 12.2. The van der Waals surface area contributed by atoms with Gasteiger partial charge in [-0.2, -0.15) is 0 Å². The van der Waals surface area contributed by atoms with Gasteiger partial charge in [-0.1, -0.05) is 0 Å². The number of Topliss-reactive ketones (excluding diaryl/α,β-unsaturated/α-hetero) is 1. The minimum Gasteiger partial charge on any atom is -0.503 e. The Morgan fingerprint density at radius 1 is 1.17 bits per heavy atom. The lowest BCUT2D eigenvalue weighted by molar-refractivity contribution is -0.138. The zero-order valence-corrected chi connectivity index (χ0v) is 16.1. The van der Waals surface area contributed by atoms with Crippen molar-refractivity contribution in [2.45, 2.75) is 6.92 Å². The van der Waals surface area contributed by atoms with E-state index in [0.29, 0.717) is 5.75 Å². The van der Waals surface area contributed by atoms with Gasteiger partial charge in [0.2, 0.25) is 5.78 Å². The first-order valence-corrected chi connectivity index (χ1v) is 10.2. The van der Waals surface area contributed by atoms with E-state index in [0.717, 1.165) is 0 Å². The molecule has 1 N–H and O–H groups in total. The molecule has 1 rings (SSSR count). The quantitative estimate of drug-likeness (QED) is 0.113. The number of esters is 1. The highest BCUT2D eigenvalue weighted by Gasteiger charge is 2.28. The molecular formula is C14H13AlCl3O6. The van der Waals surface area contributed by atoms with E-state index in [1.807, 2.05) is 0 Å². The van der Waals surface area contributed by atoms with Gasteiger partial charge in [-0.3, -0.25) is 9.59 Å². The van der Waals surface area contributed by atoms with Crippen molar-refractivity contribution in [1.82, 2.24) is 0 Å². The second kappa shape index (κ2) is 12.2. The van der Waals surface area contributed by atoms with Crippen LogP contribution in [0.4, 0.5) is 0 Å². The first-order valence-electron chi connectivity index (χ1n) is 6.35. The normalized spacial score (nSPS) is 10.5. The lowest BCUT2D eigenvalue weighted by atomic mass is 10.0. The summed E-state index contributed by atoms with van der Waals surface area (Å²) in [6.07, 6.45) is 0. The van der Waals surface area contributed by atoms with E-state index >= 15 is 0 Å². The van der Waals surface area contributed by atoms with E-state index in [-0.39, 0.29) is 25.5 Å². The van der Waals surface area contributed by atoms with Gasteiger partial charge in [0.25, 0.3) is 5.24 Å². The van der Waals surface area contributed by atoms with Crippen LogP contribution < -0.4 is 4.74 Å². The highest BCUT2D eigenvalue weighted by atomic mass is 35.7. The molecule has 24 heavy (non-hydrogen) atoms. The number of hydrogen-bond acceptors (Lipinski definition) is 6. The van der Waals surface area contributed by atoms with E-state index in [4.69, 9.17) is 36.4 Å². The fourth-order valence-electron chi connectivity index (χ4n) is 1.49. The standard InChI is InChI=1S/C14H13ClO6.Al.2ClH/c1-3-21-14(19)10(12(17)13(15)18)11(16)8-4-6-9(20-2)7-5-8;;;/h4-7,17H,3H2,1-2H3;;2*1H/q;+2;;/p-2/b12-10+;;;. The van der Waals surface area contributed by atoms with Crippen LogP contribution >= 0.6 is 31.7 Å². The number of ether oxygens (including phenoxy) is 2. The Hall–Kier alpha value is -1.23. The van der Waals surface area contributed by atoms with Crippen molar-refractivity contribution >= 4 is 62.1 Å². The Morgan fingerprint density at radius 2 is 1.67 bits per heavy atom. The fraction of sp³-hybridized carbons (Fsp3) is 0.214. The summed E-state index contributed by atoms with van der Waals surface area (Å²) in [5, 5.41) is 8.25. The van der Waals surface area contributed by atoms with E-state index in [1.54, 1.807) is 0 Å². The van der Waals surface area contributed by atoms with Crippen LogP contribution in [0.3, 0.4) is 0 Å². The molecule has 0 aromatic heterocycles. The summed E-state index contributed by atoms with van der Waals surface area (Å²) >= 11 is 4.81. The third kappa shape index (κ3) is 7.12. The van der Waals surface area contributed by atoms with Gasteiger partial charge in [-0.25, -0.2) is 24.9 Å². The van der Waals surface area contributed by atoms with Crippen LogP contribution in [-0.2, 0) is 14.3 Å². The van der Waals surface area contributed by atoms with Crippen LogP contribution in [0.2, 0.25) is 0 Å². The third-order valence-electron chi connectivity index (χ3n) is 2.48. The highest BCUT2D eigenvalue weighted by Crippen LogP contribution is 2.18. The number of carbonyl (C=O) groups excluding carboxylic acids is 3. The summed E-state index contributed by atoms with van der Waals surface area (Å²) in [7, 11) is 11.2. The fourth-order valence-corrected chi connectivity index (χ4v) is 1.58.